The lowest BCUT2D eigenvalue weighted by atomic mass is 9.86. The third-order valence-electron chi connectivity index (χ3n) is 3.42. The Bertz CT molecular complexity index is 580. The molecule has 1 rings (SSSR count). The zero-order valence-electron chi connectivity index (χ0n) is 14.7. The maximum Gasteiger partial charge on any atom is 0.386 e. The van der Waals surface area contributed by atoms with Gasteiger partial charge < -0.3 is 25.8 Å². The van der Waals surface area contributed by atoms with Gasteiger partial charge in [0.15, 0.2) is 6.10 Å². The Kier molecular flexibility index (Phi) is 8.52. The van der Waals surface area contributed by atoms with E-state index in [1.807, 2.05) is 0 Å². The summed E-state index contributed by atoms with van der Waals surface area (Å²) in [4.78, 5) is 59.1. The molecule has 11 heteroatoms. The van der Waals surface area contributed by atoms with Crippen LogP contribution in [0, 0.1) is 5.41 Å². The van der Waals surface area contributed by atoms with Crippen LogP contribution < -0.4 is 16.4 Å². The molecule has 4 N–H and O–H groups in total. The van der Waals surface area contributed by atoms with E-state index in [0.29, 0.717) is 11.8 Å². The highest BCUT2D eigenvalue weighted by atomic mass is 32.2. The fraction of sp³-hybridized carbons (Fsp3) is 0.667. The van der Waals surface area contributed by atoms with Gasteiger partial charge in [-0.1, -0.05) is 25.6 Å². The average Bonchev–Trinajstić information content (AvgIpc) is 2.60. The maximum absolute atomic E-state index is 12.4. The second kappa shape index (κ2) is 10.1. The largest absolute Gasteiger partial charge is 0.464 e. The second-order valence-electron chi connectivity index (χ2n) is 6.17. The fourth-order valence-corrected chi connectivity index (χ4v) is 2.55. The number of ether oxygens (including phenoxy) is 2. The molecule has 1 aliphatic rings. The van der Waals surface area contributed by atoms with E-state index in [9.17, 15) is 24.0 Å². The standard InChI is InChI=1S/C15H23N3O7S/c1-15(2,8-24-10(20)7-16)11-12(21)18-4-3-9(19)17-5-6-26-14(23)13(22)25-11/h11H,3-8,16H2,1-2H3,(H,17,19)(H,18,21)/t11-/m0/s1. The van der Waals surface area contributed by atoms with E-state index in [1.165, 1.54) is 13.8 Å². The fourth-order valence-electron chi connectivity index (χ4n) is 2.00. The third kappa shape index (κ3) is 7.00. The molecule has 0 aromatic rings. The summed E-state index contributed by atoms with van der Waals surface area (Å²) in [6, 6.07) is 0. The maximum atomic E-state index is 12.4. The van der Waals surface area contributed by atoms with Crippen LogP contribution in [0.25, 0.3) is 0 Å². The summed E-state index contributed by atoms with van der Waals surface area (Å²) in [5, 5.41) is 4.17. The minimum absolute atomic E-state index is 0.0263. The van der Waals surface area contributed by atoms with Crippen LogP contribution in [0.5, 0.6) is 0 Å². The van der Waals surface area contributed by atoms with Gasteiger partial charge >= 0.3 is 11.9 Å². The van der Waals surface area contributed by atoms with Gasteiger partial charge in [0.25, 0.3) is 11.0 Å². The molecule has 2 amide bonds. The molecule has 1 heterocycles. The van der Waals surface area contributed by atoms with Gasteiger partial charge in [0, 0.05) is 30.7 Å². The summed E-state index contributed by atoms with van der Waals surface area (Å²) in [6.07, 6.45) is -1.36. The lowest BCUT2D eigenvalue weighted by Crippen LogP contribution is -2.50. The number of nitrogens with two attached hydrogens (primary N) is 1. The molecule has 1 saturated heterocycles. The molecular formula is C15H23N3O7S. The Morgan fingerprint density at radius 1 is 1.27 bits per heavy atom. The molecular weight excluding hydrogens is 366 g/mol. The molecule has 0 aromatic carbocycles. The number of hydrogen-bond donors (Lipinski definition) is 3. The summed E-state index contributed by atoms with van der Waals surface area (Å²) in [7, 11) is 0. The van der Waals surface area contributed by atoms with Gasteiger partial charge in [-0.25, -0.2) is 4.79 Å². The predicted molar refractivity (Wildman–Crippen MR) is 91.8 cm³/mol. The first-order valence-electron chi connectivity index (χ1n) is 7.95. The van der Waals surface area contributed by atoms with Gasteiger partial charge in [0.05, 0.1) is 6.54 Å². The van der Waals surface area contributed by atoms with Crippen LogP contribution in [0.1, 0.15) is 20.3 Å². The van der Waals surface area contributed by atoms with Crippen molar-refractivity contribution in [3.63, 3.8) is 0 Å². The Labute approximate surface area is 154 Å². The zero-order valence-corrected chi connectivity index (χ0v) is 15.5. The first kappa shape index (κ1) is 21.9. The van der Waals surface area contributed by atoms with Crippen molar-refractivity contribution in [2.45, 2.75) is 26.4 Å². The van der Waals surface area contributed by atoms with E-state index >= 15 is 0 Å². The molecule has 1 atom stereocenters. The second-order valence-corrected chi connectivity index (χ2v) is 7.23. The molecule has 0 aliphatic carbocycles. The van der Waals surface area contributed by atoms with Gasteiger partial charge in [-0.05, 0) is 0 Å². The van der Waals surface area contributed by atoms with Gasteiger partial charge in [-0.3, -0.25) is 19.2 Å². The summed E-state index contributed by atoms with van der Waals surface area (Å²) in [6.45, 7) is 2.72. The van der Waals surface area contributed by atoms with Crippen molar-refractivity contribution in [1.29, 1.82) is 0 Å². The van der Waals surface area contributed by atoms with Crippen LogP contribution in [0.15, 0.2) is 0 Å². The Balaban J connectivity index is 2.95. The van der Waals surface area contributed by atoms with Crippen LogP contribution in [0.4, 0.5) is 0 Å². The number of carbonyl (C=O) groups excluding carboxylic acids is 5. The molecule has 0 unspecified atom stereocenters. The quantitative estimate of drug-likeness (QED) is 0.378. The molecule has 0 aromatic heterocycles. The number of amides is 2. The highest BCUT2D eigenvalue weighted by Crippen LogP contribution is 2.25. The highest BCUT2D eigenvalue weighted by molar-refractivity contribution is 8.15. The van der Waals surface area contributed by atoms with E-state index in [2.05, 4.69) is 10.6 Å². The van der Waals surface area contributed by atoms with Crippen molar-refractivity contribution < 1.29 is 33.4 Å². The van der Waals surface area contributed by atoms with Crippen LogP contribution in [-0.2, 0) is 33.4 Å². The number of rotatable bonds is 4. The highest BCUT2D eigenvalue weighted by Gasteiger charge is 2.41. The van der Waals surface area contributed by atoms with Crippen LogP contribution in [-0.4, -0.2) is 67.0 Å². The number of nitrogens with one attached hydrogen (secondary N) is 2. The van der Waals surface area contributed by atoms with Gasteiger partial charge in [-0.15, -0.1) is 0 Å². The third-order valence-corrected chi connectivity index (χ3v) is 4.26. The summed E-state index contributed by atoms with van der Waals surface area (Å²) >= 11 is 0.682. The van der Waals surface area contributed by atoms with Crippen molar-refractivity contribution in [2.24, 2.45) is 11.1 Å². The predicted octanol–water partition coefficient (Wildman–Crippen LogP) is -1.68. The lowest BCUT2D eigenvalue weighted by molar-refractivity contribution is -0.169. The van der Waals surface area contributed by atoms with Crippen molar-refractivity contribution in [3.05, 3.63) is 0 Å². The molecule has 0 radical (unpaired) electrons. The van der Waals surface area contributed by atoms with Crippen molar-refractivity contribution in [3.8, 4) is 0 Å². The zero-order chi connectivity index (χ0) is 19.7. The smallest absolute Gasteiger partial charge is 0.386 e. The SMILES string of the molecule is CC(C)(COC(=O)CN)[C@H]1OC(=O)C(=O)SCCNC(=O)CCNC1=O. The van der Waals surface area contributed by atoms with Gasteiger partial charge in [0.2, 0.25) is 5.91 Å². The number of cyclic esters (lactones) is 1. The summed E-state index contributed by atoms with van der Waals surface area (Å²) < 4.78 is 10.0. The molecule has 26 heavy (non-hydrogen) atoms. The van der Waals surface area contributed by atoms with E-state index < -0.39 is 34.5 Å². The molecule has 146 valence electrons. The molecule has 0 saturated carbocycles. The van der Waals surface area contributed by atoms with Crippen molar-refractivity contribution in [2.75, 3.05) is 32.0 Å². The van der Waals surface area contributed by atoms with Crippen LogP contribution in [0.3, 0.4) is 0 Å². The normalized spacial score (nSPS) is 20.7. The van der Waals surface area contributed by atoms with E-state index in [4.69, 9.17) is 15.2 Å². The topological polar surface area (TPSA) is 154 Å². The van der Waals surface area contributed by atoms with Crippen molar-refractivity contribution in [1.82, 2.24) is 10.6 Å². The average molecular weight is 389 g/mol. The Hall–Kier alpha value is -2.14. The first-order chi connectivity index (χ1) is 12.2. The Morgan fingerprint density at radius 3 is 2.62 bits per heavy atom. The molecule has 0 spiro atoms. The summed E-state index contributed by atoms with van der Waals surface area (Å²) in [5.74, 6) is -2.66. The minimum Gasteiger partial charge on any atom is -0.464 e. The number of thioether (sulfide) groups is 1. The minimum atomic E-state index is -1.39. The molecule has 0 bridgehead atoms. The molecule has 1 fully saturated rings. The van der Waals surface area contributed by atoms with Gasteiger partial charge in [-0.2, -0.15) is 0 Å². The monoisotopic (exact) mass is 389 g/mol. The van der Waals surface area contributed by atoms with E-state index in [0.717, 1.165) is 0 Å². The lowest BCUT2D eigenvalue weighted by Gasteiger charge is -2.31. The van der Waals surface area contributed by atoms with Crippen LogP contribution in [0.2, 0.25) is 0 Å². The first-order valence-corrected chi connectivity index (χ1v) is 8.94. The number of esters is 2. The Morgan fingerprint density at radius 2 is 1.96 bits per heavy atom. The van der Waals surface area contributed by atoms with Crippen LogP contribution >= 0.6 is 11.8 Å². The number of carbonyl (C=O) groups is 5. The molecule has 1 aliphatic heterocycles. The summed E-state index contributed by atoms with van der Waals surface area (Å²) in [5.41, 5.74) is 4.04. The molecule has 10 nitrogen and oxygen atoms in total. The van der Waals surface area contributed by atoms with Crippen molar-refractivity contribution >= 4 is 40.6 Å². The van der Waals surface area contributed by atoms with E-state index in [1.54, 1.807) is 0 Å². The van der Waals surface area contributed by atoms with Gasteiger partial charge in [0.1, 0.15) is 6.61 Å². The van der Waals surface area contributed by atoms with E-state index in [-0.39, 0.29) is 44.3 Å². The number of hydrogen-bond acceptors (Lipinski definition) is 9.